The number of anilines is 1. The first kappa shape index (κ1) is 24.1. The van der Waals surface area contributed by atoms with Crippen LogP contribution in [0.4, 0.5) is 5.69 Å². The van der Waals surface area contributed by atoms with E-state index in [2.05, 4.69) is 30.7 Å². The molecule has 11 heteroatoms. The molecule has 0 aromatic carbocycles. The summed E-state index contributed by atoms with van der Waals surface area (Å²) in [5.41, 5.74) is 4.07. The minimum atomic E-state index is -0.297. The maximum absolute atomic E-state index is 13.2. The van der Waals surface area contributed by atoms with Crippen LogP contribution in [-0.2, 0) is 7.05 Å². The lowest BCUT2D eigenvalue weighted by molar-refractivity contribution is 0.0945. The van der Waals surface area contributed by atoms with Crippen LogP contribution < -0.4 is 10.6 Å². The van der Waals surface area contributed by atoms with Gasteiger partial charge in [0.15, 0.2) is 0 Å². The molecule has 0 atom stereocenters. The average Bonchev–Trinajstić information content (AvgIpc) is 3.55. The number of rotatable bonds is 7. The fourth-order valence-electron chi connectivity index (χ4n) is 4.39. The molecular weight excluding hydrogens is 476 g/mol. The van der Waals surface area contributed by atoms with Crippen LogP contribution in [0.25, 0.3) is 15.3 Å². The largest absolute Gasteiger partial charge is 0.351 e. The van der Waals surface area contributed by atoms with Gasteiger partial charge in [0.25, 0.3) is 11.8 Å². The average molecular weight is 507 g/mol. The van der Waals surface area contributed by atoms with Gasteiger partial charge >= 0.3 is 0 Å². The fraction of sp³-hybridized carbons (Fsp3) is 0.400. The van der Waals surface area contributed by atoms with E-state index < -0.39 is 0 Å². The van der Waals surface area contributed by atoms with E-state index in [1.54, 1.807) is 29.9 Å². The number of pyridine rings is 1. The van der Waals surface area contributed by atoms with Gasteiger partial charge in [-0.05, 0) is 45.8 Å². The maximum Gasteiger partial charge on any atom is 0.260 e. The fourth-order valence-corrected chi connectivity index (χ4v) is 5.51. The second-order valence-corrected chi connectivity index (χ2v) is 10.2. The summed E-state index contributed by atoms with van der Waals surface area (Å²) < 4.78 is 3.52. The molecule has 5 heterocycles. The van der Waals surface area contributed by atoms with Crippen LogP contribution in [0.15, 0.2) is 30.9 Å². The van der Waals surface area contributed by atoms with Crippen molar-refractivity contribution in [3.8, 4) is 10.4 Å². The van der Waals surface area contributed by atoms with Crippen LogP contribution >= 0.6 is 11.3 Å². The molecule has 10 nitrogen and oxygen atoms in total. The molecule has 1 fully saturated rings. The summed E-state index contributed by atoms with van der Waals surface area (Å²) in [6.45, 7) is 7.41. The zero-order chi connectivity index (χ0) is 25.2. The number of thiazole rings is 1. The molecule has 36 heavy (non-hydrogen) atoms. The van der Waals surface area contributed by atoms with E-state index in [1.165, 1.54) is 30.6 Å². The molecule has 2 amide bonds. The molecule has 4 aromatic rings. The summed E-state index contributed by atoms with van der Waals surface area (Å²) in [7, 11) is 1.90. The summed E-state index contributed by atoms with van der Waals surface area (Å²) >= 11 is 1.49. The Bertz CT molecular complexity index is 1410. The van der Waals surface area contributed by atoms with Crippen LogP contribution in [0.2, 0.25) is 0 Å². The van der Waals surface area contributed by atoms with E-state index in [1.807, 2.05) is 31.0 Å². The van der Waals surface area contributed by atoms with Gasteiger partial charge in [-0.15, -0.1) is 11.3 Å². The van der Waals surface area contributed by atoms with Crippen molar-refractivity contribution in [1.29, 1.82) is 0 Å². The first-order chi connectivity index (χ1) is 17.4. The molecule has 0 radical (unpaired) electrons. The Morgan fingerprint density at radius 1 is 1.06 bits per heavy atom. The summed E-state index contributed by atoms with van der Waals surface area (Å²) in [5.74, 6) is -0.494. The number of aromatic nitrogens is 5. The lowest BCUT2D eigenvalue weighted by atomic mass is 10.1. The predicted octanol–water partition coefficient (Wildman–Crippen LogP) is 3.28. The van der Waals surface area contributed by atoms with Crippen molar-refractivity contribution in [2.24, 2.45) is 7.05 Å². The number of hydrogen-bond acceptors (Lipinski definition) is 7. The second kappa shape index (κ2) is 10.2. The van der Waals surface area contributed by atoms with Crippen LogP contribution in [0.5, 0.6) is 0 Å². The number of aryl methyl sites for hydroxylation is 2. The van der Waals surface area contributed by atoms with Gasteiger partial charge in [-0.25, -0.2) is 4.52 Å². The highest BCUT2D eigenvalue weighted by molar-refractivity contribution is 7.21. The van der Waals surface area contributed by atoms with Gasteiger partial charge in [0.2, 0.25) is 0 Å². The first-order valence-corrected chi connectivity index (χ1v) is 13.0. The highest BCUT2D eigenvalue weighted by atomic mass is 32.1. The number of hydrogen-bond donors (Lipinski definition) is 2. The number of carbonyl (C=O) groups excluding carboxylic acids is 2. The maximum atomic E-state index is 13.2. The predicted molar refractivity (Wildman–Crippen MR) is 140 cm³/mol. The number of fused-ring (bicyclic) bond motifs is 1. The standard InChI is InChI=1S/C25H30N8O2S/c1-16-21(11-18(12-27-16)23(34)26-7-10-32-8-5-4-6-9-32)30-24(35)20-14-29-33-15-22(36-25(20)33)19-13-28-31(3)17(19)2/h11-15H,4-10H2,1-3H3,(H,26,34)(H,30,35). The van der Waals surface area contributed by atoms with E-state index >= 15 is 0 Å². The van der Waals surface area contributed by atoms with E-state index in [0.717, 1.165) is 40.6 Å². The highest BCUT2D eigenvalue weighted by Crippen LogP contribution is 2.32. The Balaban J connectivity index is 1.28. The molecule has 1 aliphatic heterocycles. The van der Waals surface area contributed by atoms with Crippen LogP contribution in [0.3, 0.4) is 0 Å². The summed E-state index contributed by atoms with van der Waals surface area (Å²) in [6, 6.07) is 1.68. The minimum Gasteiger partial charge on any atom is -0.351 e. The molecule has 5 rings (SSSR count). The number of likely N-dealkylation sites (tertiary alicyclic amines) is 1. The van der Waals surface area contributed by atoms with Crippen LogP contribution in [-0.4, -0.2) is 67.3 Å². The van der Waals surface area contributed by atoms with Crippen molar-refractivity contribution in [2.75, 3.05) is 31.5 Å². The van der Waals surface area contributed by atoms with E-state index in [0.29, 0.717) is 29.1 Å². The van der Waals surface area contributed by atoms with E-state index in [9.17, 15) is 9.59 Å². The van der Waals surface area contributed by atoms with Crippen molar-refractivity contribution in [2.45, 2.75) is 33.1 Å². The van der Waals surface area contributed by atoms with E-state index in [-0.39, 0.29) is 11.8 Å². The van der Waals surface area contributed by atoms with Gasteiger partial charge in [0.1, 0.15) is 4.83 Å². The summed E-state index contributed by atoms with van der Waals surface area (Å²) in [5, 5.41) is 14.6. The Kier molecular flexibility index (Phi) is 6.84. The lowest BCUT2D eigenvalue weighted by Crippen LogP contribution is -2.37. The molecule has 2 N–H and O–H groups in total. The monoisotopic (exact) mass is 506 g/mol. The van der Waals surface area contributed by atoms with Gasteiger partial charge < -0.3 is 15.5 Å². The molecule has 1 aliphatic rings. The second-order valence-electron chi connectivity index (χ2n) is 9.14. The Labute approximate surface area is 213 Å². The lowest BCUT2D eigenvalue weighted by Gasteiger charge is -2.26. The summed E-state index contributed by atoms with van der Waals surface area (Å²) in [4.78, 5) is 34.3. The molecule has 188 valence electrons. The molecule has 4 aromatic heterocycles. The zero-order valence-electron chi connectivity index (χ0n) is 20.7. The molecular formula is C25H30N8O2S. The number of nitrogens with one attached hydrogen (secondary N) is 2. The van der Waals surface area contributed by atoms with Crippen molar-refractivity contribution in [1.82, 2.24) is 34.6 Å². The molecule has 0 saturated carbocycles. The van der Waals surface area contributed by atoms with Crippen molar-refractivity contribution < 1.29 is 9.59 Å². The Morgan fingerprint density at radius 2 is 1.86 bits per heavy atom. The normalized spacial score (nSPS) is 14.3. The van der Waals surface area contributed by atoms with Crippen molar-refractivity contribution >= 4 is 33.7 Å². The minimum absolute atomic E-state index is 0.197. The number of amides is 2. The first-order valence-electron chi connectivity index (χ1n) is 12.2. The molecule has 0 unspecified atom stereocenters. The van der Waals surface area contributed by atoms with E-state index in [4.69, 9.17) is 0 Å². The molecule has 0 aliphatic carbocycles. The van der Waals surface area contributed by atoms with Gasteiger partial charge in [0, 0.05) is 43.8 Å². The zero-order valence-corrected chi connectivity index (χ0v) is 21.6. The van der Waals surface area contributed by atoms with Gasteiger partial charge in [-0.3, -0.25) is 19.3 Å². The van der Waals surface area contributed by atoms with Gasteiger partial charge in [-0.1, -0.05) is 6.42 Å². The highest BCUT2D eigenvalue weighted by Gasteiger charge is 2.19. The number of nitrogens with zero attached hydrogens (tertiary/aromatic N) is 6. The third kappa shape index (κ3) is 4.89. The van der Waals surface area contributed by atoms with Gasteiger partial charge in [0.05, 0.1) is 39.8 Å². The Hall–Kier alpha value is -3.57. The topological polar surface area (TPSA) is 109 Å². The third-order valence-corrected chi connectivity index (χ3v) is 7.85. The molecule has 0 bridgehead atoms. The quantitative estimate of drug-likeness (QED) is 0.398. The third-order valence-electron chi connectivity index (χ3n) is 6.70. The van der Waals surface area contributed by atoms with Crippen molar-refractivity contribution in [3.05, 3.63) is 53.4 Å². The number of piperidine rings is 1. The van der Waals surface area contributed by atoms with Gasteiger partial charge in [-0.2, -0.15) is 10.2 Å². The van der Waals surface area contributed by atoms with Crippen molar-refractivity contribution in [3.63, 3.8) is 0 Å². The number of carbonyl (C=O) groups is 2. The summed E-state index contributed by atoms with van der Waals surface area (Å²) in [6.07, 6.45) is 10.6. The molecule has 0 spiro atoms. The molecule has 1 saturated heterocycles. The Morgan fingerprint density at radius 3 is 2.61 bits per heavy atom. The SMILES string of the molecule is Cc1ncc(C(=O)NCCN2CCCCC2)cc1NC(=O)c1cnn2cc(-c3cnn(C)c3C)sc12. The smallest absolute Gasteiger partial charge is 0.260 e. The van der Waals surface area contributed by atoms with Crippen LogP contribution in [0, 0.1) is 13.8 Å². The van der Waals surface area contributed by atoms with Crippen LogP contribution in [0.1, 0.15) is 51.4 Å².